The maximum Gasteiger partial charge on any atom is 0.251 e. The summed E-state index contributed by atoms with van der Waals surface area (Å²) < 4.78 is 10.1. The number of hydrogen-bond donors (Lipinski definition) is 1. The van der Waals surface area contributed by atoms with Gasteiger partial charge in [-0.1, -0.05) is 6.07 Å². The summed E-state index contributed by atoms with van der Waals surface area (Å²) in [4.78, 5) is 11.8. The van der Waals surface area contributed by atoms with Crippen LogP contribution in [0.5, 0.6) is 5.75 Å². The molecule has 1 rings (SSSR count). The molecule has 0 aromatic heterocycles. The van der Waals surface area contributed by atoms with Crippen molar-refractivity contribution in [2.45, 2.75) is 13.3 Å². The van der Waals surface area contributed by atoms with E-state index >= 15 is 0 Å². The minimum absolute atomic E-state index is 0.0839. The van der Waals surface area contributed by atoms with E-state index in [4.69, 9.17) is 9.47 Å². The first kappa shape index (κ1) is 13.5. The highest BCUT2D eigenvalue weighted by atomic mass is 16.5. The summed E-state index contributed by atoms with van der Waals surface area (Å²) in [7, 11) is 3.25. The Balaban J connectivity index is 2.57. The van der Waals surface area contributed by atoms with Gasteiger partial charge in [-0.3, -0.25) is 4.79 Å². The number of methoxy groups -OCH3 is 2. The molecule has 0 fully saturated rings. The van der Waals surface area contributed by atoms with Gasteiger partial charge < -0.3 is 14.8 Å². The molecule has 4 nitrogen and oxygen atoms in total. The third-order valence-corrected chi connectivity index (χ3v) is 2.48. The summed E-state index contributed by atoms with van der Waals surface area (Å²) in [6, 6.07) is 5.42. The van der Waals surface area contributed by atoms with Gasteiger partial charge in [0, 0.05) is 25.8 Å². The molecule has 4 heteroatoms. The van der Waals surface area contributed by atoms with Crippen molar-refractivity contribution in [3.8, 4) is 5.75 Å². The quantitative estimate of drug-likeness (QED) is 0.767. The molecule has 0 aliphatic carbocycles. The predicted molar refractivity (Wildman–Crippen MR) is 66.6 cm³/mol. The minimum atomic E-state index is -0.0839. The van der Waals surface area contributed by atoms with Crippen molar-refractivity contribution in [2.75, 3.05) is 27.4 Å². The molecule has 0 saturated carbocycles. The standard InChI is InChI=1S/C13H19NO3/c1-10-5-6-11(9-12(10)17-3)13(15)14-7-4-8-16-2/h5-6,9H,4,7-8H2,1-3H3,(H,14,15). The van der Waals surface area contributed by atoms with Gasteiger partial charge in [0.05, 0.1) is 7.11 Å². The van der Waals surface area contributed by atoms with Gasteiger partial charge in [0.2, 0.25) is 0 Å². The summed E-state index contributed by atoms with van der Waals surface area (Å²) in [5.41, 5.74) is 1.63. The molecule has 0 heterocycles. The zero-order valence-corrected chi connectivity index (χ0v) is 10.6. The maximum absolute atomic E-state index is 11.8. The molecule has 0 atom stereocenters. The van der Waals surface area contributed by atoms with E-state index < -0.39 is 0 Å². The fourth-order valence-electron chi connectivity index (χ4n) is 1.48. The van der Waals surface area contributed by atoms with Crippen molar-refractivity contribution in [3.63, 3.8) is 0 Å². The van der Waals surface area contributed by atoms with Crippen LogP contribution in [0.3, 0.4) is 0 Å². The van der Waals surface area contributed by atoms with Crippen molar-refractivity contribution in [1.29, 1.82) is 0 Å². The molecule has 0 spiro atoms. The average Bonchev–Trinajstić information content (AvgIpc) is 2.35. The highest BCUT2D eigenvalue weighted by Gasteiger charge is 2.07. The number of nitrogens with one attached hydrogen (secondary N) is 1. The van der Waals surface area contributed by atoms with E-state index in [0.717, 1.165) is 17.7 Å². The Morgan fingerprint density at radius 2 is 2.12 bits per heavy atom. The Kier molecular flexibility index (Phi) is 5.49. The van der Waals surface area contributed by atoms with Crippen LogP contribution < -0.4 is 10.1 Å². The van der Waals surface area contributed by atoms with Crippen LogP contribution in [0.2, 0.25) is 0 Å². The van der Waals surface area contributed by atoms with Crippen LogP contribution in [-0.4, -0.2) is 33.3 Å². The summed E-state index contributed by atoms with van der Waals surface area (Å²) in [5, 5.41) is 2.83. The molecule has 1 aromatic carbocycles. The second kappa shape index (κ2) is 6.91. The largest absolute Gasteiger partial charge is 0.496 e. The van der Waals surface area contributed by atoms with E-state index in [-0.39, 0.29) is 5.91 Å². The minimum Gasteiger partial charge on any atom is -0.496 e. The Morgan fingerprint density at radius 1 is 1.35 bits per heavy atom. The van der Waals surface area contributed by atoms with Crippen molar-refractivity contribution in [1.82, 2.24) is 5.32 Å². The number of carbonyl (C=O) groups is 1. The van der Waals surface area contributed by atoms with Crippen LogP contribution in [-0.2, 0) is 4.74 Å². The van der Waals surface area contributed by atoms with Crippen LogP contribution in [0.4, 0.5) is 0 Å². The SMILES string of the molecule is COCCCNC(=O)c1ccc(C)c(OC)c1. The van der Waals surface area contributed by atoms with Crippen LogP contribution in [0.1, 0.15) is 22.3 Å². The van der Waals surface area contributed by atoms with Crippen molar-refractivity contribution in [2.24, 2.45) is 0 Å². The van der Waals surface area contributed by atoms with Gasteiger partial charge in [-0.2, -0.15) is 0 Å². The van der Waals surface area contributed by atoms with Crippen molar-refractivity contribution in [3.05, 3.63) is 29.3 Å². The molecule has 1 N–H and O–H groups in total. The van der Waals surface area contributed by atoms with E-state index in [9.17, 15) is 4.79 Å². The number of benzene rings is 1. The first-order chi connectivity index (χ1) is 8.19. The predicted octanol–water partition coefficient (Wildman–Crippen LogP) is 1.77. The van der Waals surface area contributed by atoms with Gasteiger partial charge in [-0.15, -0.1) is 0 Å². The zero-order chi connectivity index (χ0) is 12.7. The molecule has 0 unspecified atom stereocenters. The molecule has 1 aromatic rings. The lowest BCUT2D eigenvalue weighted by atomic mass is 10.1. The average molecular weight is 237 g/mol. The third kappa shape index (κ3) is 4.07. The number of aryl methyl sites for hydroxylation is 1. The first-order valence-electron chi connectivity index (χ1n) is 5.61. The van der Waals surface area contributed by atoms with E-state index in [1.807, 2.05) is 13.0 Å². The summed E-state index contributed by atoms with van der Waals surface area (Å²) >= 11 is 0. The van der Waals surface area contributed by atoms with Crippen LogP contribution >= 0.6 is 0 Å². The van der Waals surface area contributed by atoms with Crippen LogP contribution in [0.15, 0.2) is 18.2 Å². The zero-order valence-electron chi connectivity index (χ0n) is 10.6. The molecule has 0 saturated heterocycles. The maximum atomic E-state index is 11.8. The van der Waals surface area contributed by atoms with Gasteiger partial charge in [0.1, 0.15) is 5.75 Å². The van der Waals surface area contributed by atoms with Gasteiger partial charge in [0.15, 0.2) is 0 Å². The van der Waals surface area contributed by atoms with Gasteiger partial charge in [-0.25, -0.2) is 0 Å². The molecule has 0 aliphatic heterocycles. The Bertz CT molecular complexity index is 377. The molecule has 94 valence electrons. The summed E-state index contributed by atoms with van der Waals surface area (Å²) in [6.07, 6.45) is 0.811. The lowest BCUT2D eigenvalue weighted by Gasteiger charge is -2.08. The van der Waals surface area contributed by atoms with Crippen LogP contribution in [0.25, 0.3) is 0 Å². The molecule has 0 radical (unpaired) electrons. The van der Waals surface area contributed by atoms with E-state index in [2.05, 4.69) is 5.32 Å². The van der Waals surface area contributed by atoms with E-state index in [1.54, 1.807) is 26.4 Å². The lowest BCUT2D eigenvalue weighted by Crippen LogP contribution is -2.25. The normalized spacial score (nSPS) is 10.1. The van der Waals surface area contributed by atoms with Crippen molar-refractivity contribution < 1.29 is 14.3 Å². The second-order valence-corrected chi connectivity index (χ2v) is 3.79. The first-order valence-corrected chi connectivity index (χ1v) is 5.61. The fraction of sp³-hybridized carbons (Fsp3) is 0.462. The highest BCUT2D eigenvalue weighted by Crippen LogP contribution is 2.18. The van der Waals surface area contributed by atoms with Crippen LogP contribution in [0, 0.1) is 6.92 Å². The number of carbonyl (C=O) groups excluding carboxylic acids is 1. The smallest absolute Gasteiger partial charge is 0.251 e. The molecule has 17 heavy (non-hydrogen) atoms. The Hall–Kier alpha value is -1.55. The monoisotopic (exact) mass is 237 g/mol. The molecule has 1 amide bonds. The topological polar surface area (TPSA) is 47.6 Å². The number of hydrogen-bond acceptors (Lipinski definition) is 3. The third-order valence-electron chi connectivity index (χ3n) is 2.48. The Morgan fingerprint density at radius 3 is 2.76 bits per heavy atom. The second-order valence-electron chi connectivity index (χ2n) is 3.79. The molecule has 0 bridgehead atoms. The van der Waals surface area contributed by atoms with E-state index in [1.165, 1.54) is 0 Å². The lowest BCUT2D eigenvalue weighted by molar-refractivity contribution is 0.0948. The Labute approximate surface area is 102 Å². The number of ether oxygens (including phenoxy) is 2. The molecule has 0 aliphatic rings. The van der Waals surface area contributed by atoms with Gasteiger partial charge in [-0.05, 0) is 31.0 Å². The van der Waals surface area contributed by atoms with Gasteiger partial charge >= 0.3 is 0 Å². The number of rotatable bonds is 6. The molecular weight excluding hydrogens is 218 g/mol. The highest BCUT2D eigenvalue weighted by molar-refractivity contribution is 5.94. The summed E-state index contributed by atoms with van der Waals surface area (Å²) in [5.74, 6) is 0.647. The number of amides is 1. The summed E-state index contributed by atoms with van der Waals surface area (Å²) in [6.45, 7) is 3.21. The van der Waals surface area contributed by atoms with Gasteiger partial charge in [0.25, 0.3) is 5.91 Å². The molecular formula is C13H19NO3. The fourth-order valence-corrected chi connectivity index (χ4v) is 1.48. The van der Waals surface area contributed by atoms with E-state index in [0.29, 0.717) is 18.7 Å². The van der Waals surface area contributed by atoms with Crippen molar-refractivity contribution >= 4 is 5.91 Å².